The van der Waals surface area contributed by atoms with E-state index in [1.807, 2.05) is 42.5 Å². The Morgan fingerprint density at radius 3 is 2.27 bits per heavy atom. The van der Waals surface area contributed by atoms with Crippen molar-refractivity contribution in [3.05, 3.63) is 59.2 Å². The van der Waals surface area contributed by atoms with Gasteiger partial charge in [-0.3, -0.25) is 0 Å². The summed E-state index contributed by atoms with van der Waals surface area (Å²) in [6, 6.07) is 9.26. The number of carbonyl (C=O) groups is 1. The second-order valence-corrected chi connectivity index (χ2v) is 5.68. The quantitative estimate of drug-likeness (QED) is 0.835. The molecule has 1 aromatic carbocycles. The molecule has 4 rings (SSSR count). The normalized spacial score (nSPS) is 21.1. The van der Waals surface area contributed by atoms with E-state index < -0.39 is 6.09 Å². The molecule has 112 valence electrons. The summed E-state index contributed by atoms with van der Waals surface area (Å²) in [5.74, 6) is -0.257. The standard InChI is InChI=1S/C17H15NO4/c19-15-13-11-6-7-12(8-11)14(13)16(20)18(15)17(21)22-9-10-4-2-1-3-5-10/h1-7,11-12,19-20H,8-9H2. The predicted octanol–water partition coefficient (Wildman–Crippen LogP) is 3.22. The molecule has 0 spiro atoms. The molecule has 5 heteroatoms. The van der Waals surface area contributed by atoms with Gasteiger partial charge in [0.05, 0.1) is 0 Å². The molecule has 2 aliphatic rings. The summed E-state index contributed by atoms with van der Waals surface area (Å²) in [4.78, 5) is 12.2. The van der Waals surface area contributed by atoms with Crippen molar-refractivity contribution in [2.75, 3.05) is 0 Å². The molecule has 2 unspecified atom stereocenters. The molecular weight excluding hydrogens is 282 g/mol. The molecular formula is C17H15NO4. The molecule has 0 aliphatic heterocycles. The topological polar surface area (TPSA) is 71.7 Å². The Balaban J connectivity index is 1.60. The number of allylic oxidation sites excluding steroid dienone is 2. The highest BCUT2D eigenvalue weighted by molar-refractivity contribution is 5.78. The zero-order valence-electron chi connectivity index (χ0n) is 11.8. The van der Waals surface area contributed by atoms with Gasteiger partial charge in [0.2, 0.25) is 11.8 Å². The van der Waals surface area contributed by atoms with Crippen molar-refractivity contribution in [2.45, 2.75) is 24.9 Å². The third kappa shape index (κ3) is 1.75. The highest BCUT2D eigenvalue weighted by atomic mass is 16.6. The third-order valence-electron chi connectivity index (χ3n) is 4.41. The minimum absolute atomic E-state index is 0.0778. The fourth-order valence-electron chi connectivity index (χ4n) is 3.40. The lowest BCUT2D eigenvalue weighted by atomic mass is 10.0. The van der Waals surface area contributed by atoms with E-state index in [0.29, 0.717) is 11.1 Å². The largest absolute Gasteiger partial charge is 0.494 e. The molecule has 0 saturated heterocycles. The first-order valence-electron chi connectivity index (χ1n) is 7.22. The number of hydrogen-bond acceptors (Lipinski definition) is 4. The number of aromatic hydroxyl groups is 2. The Morgan fingerprint density at radius 1 is 1.09 bits per heavy atom. The van der Waals surface area contributed by atoms with Crippen molar-refractivity contribution in [1.82, 2.24) is 4.57 Å². The Morgan fingerprint density at radius 2 is 1.68 bits per heavy atom. The highest BCUT2D eigenvalue weighted by Gasteiger charge is 2.42. The van der Waals surface area contributed by atoms with Crippen LogP contribution in [0.15, 0.2) is 42.5 Å². The molecule has 22 heavy (non-hydrogen) atoms. The molecule has 0 radical (unpaired) electrons. The summed E-state index contributed by atoms with van der Waals surface area (Å²) in [5.41, 5.74) is 2.15. The summed E-state index contributed by atoms with van der Waals surface area (Å²) in [5, 5.41) is 20.6. The number of hydrogen-bond donors (Lipinski definition) is 2. The van der Waals surface area contributed by atoms with Crippen molar-refractivity contribution in [3.8, 4) is 11.8 Å². The van der Waals surface area contributed by atoms with Crippen LogP contribution in [-0.2, 0) is 11.3 Å². The van der Waals surface area contributed by atoms with E-state index in [-0.39, 0.29) is 30.2 Å². The van der Waals surface area contributed by atoms with Gasteiger partial charge in [0, 0.05) is 23.0 Å². The van der Waals surface area contributed by atoms with Gasteiger partial charge >= 0.3 is 6.09 Å². The van der Waals surface area contributed by atoms with Gasteiger partial charge in [-0.1, -0.05) is 42.5 Å². The van der Waals surface area contributed by atoms with Crippen LogP contribution in [0.4, 0.5) is 4.79 Å². The van der Waals surface area contributed by atoms with Gasteiger partial charge in [-0.05, 0) is 12.0 Å². The van der Waals surface area contributed by atoms with Crippen LogP contribution in [0.2, 0.25) is 0 Å². The summed E-state index contributed by atoms with van der Waals surface area (Å²) < 4.78 is 6.05. The van der Waals surface area contributed by atoms with Gasteiger partial charge in [-0.25, -0.2) is 4.79 Å². The monoisotopic (exact) mass is 297 g/mol. The number of nitrogens with zero attached hydrogens (tertiary/aromatic N) is 1. The van der Waals surface area contributed by atoms with Crippen LogP contribution < -0.4 is 0 Å². The SMILES string of the molecule is O=C(OCc1ccccc1)n1c(O)c2c(c1O)C1C=CC2C1. The van der Waals surface area contributed by atoms with Gasteiger partial charge in [-0.2, -0.15) is 4.57 Å². The Kier molecular flexibility index (Phi) is 2.76. The predicted molar refractivity (Wildman–Crippen MR) is 79.0 cm³/mol. The maximum atomic E-state index is 12.2. The summed E-state index contributed by atoms with van der Waals surface area (Å²) >= 11 is 0. The van der Waals surface area contributed by atoms with E-state index in [0.717, 1.165) is 16.6 Å². The molecule has 0 fully saturated rings. The van der Waals surface area contributed by atoms with Crippen molar-refractivity contribution in [2.24, 2.45) is 0 Å². The molecule has 5 nitrogen and oxygen atoms in total. The number of rotatable bonds is 2. The molecule has 1 heterocycles. The van der Waals surface area contributed by atoms with E-state index >= 15 is 0 Å². The molecule has 2 bridgehead atoms. The average molecular weight is 297 g/mol. The van der Waals surface area contributed by atoms with Crippen molar-refractivity contribution >= 4 is 6.09 Å². The van der Waals surface area contributed by atoms with Crippen LogP contribution >= 0.6 is 0 Å². The van der Waals surface area contributed by atoms with Crippen LogP contribution in [-0.4, -0.2) is 20.9 Å². The molecule has 1 aromatic heterocycles. The fraction of sp³-hybridized carbons (Fsp3) is 0.235. The Hall–Kier alpha value is -2.69. The first-order chi connectivity index (χ1) is 10.7. The van der Waals surface area contributed by atoms with Gasteiger partial charge in [0.15, 0.2) is 0 Å². The second kappa shape index (κ2) is 4.66. The molecule has 2 aliphatic carbocycles. The molecule has 2 atom stereocenters. The van der Waals surface area contributed by atoms with Crippen LogP contribution in [0.5, 0.6) is 11.8 Å². The van der Waals surface area contributed by atoms with Gasteiger partial charge in [0.1, 0.15) is 6.61 Å². The van der Waals surface area contributed by atoms with Crippen LogP contribution in [0.25, 0.3) is 0 Å². The summed E-state index contributed by atoms with van der Waals surface area (Å²) in [6.07, 6.45) is 4.09. The molecule has 2 N–H and O–H groups in total. The summed E-state index contributed by atoms with van der Waals surface area (Å²) in [7, 11) is 0. The zero-order valence-corrected chi connectivity index (χ0v) is 11.8. The molecule has 2 aromatic rings. The van der Waals surface area contributed by atoms with E-state index in [1.165, 1.54) is 0 Å². The minimum Gasteiger partial charge on any atom is -0.494 e. The molecule has 0 saturated carbocycles. The first-order valence-corrected chi connectivity index (χ1v) is 7.22. The van der Waals surface area contributed by atoms with Gasteiger partial charge < -0.3 is 14.9 Å². The Labute approximate surface area is 127 Å². The van der Waals surface area contributed by atoms with Crippen molar-refractivity contribution in [3.63, 3.8) is 0 Å². The molecule has 0 amide bonds. The van der Waals surface area contributed by atoms with E-state index in [4.69, 9.17) is 4.74 Å². The van der Waals surface area contributed by atoms with Crippen molar-refractivity contribution < 1.29 is 19.7 Å². The number of fused-ring (bicyclic) bond motifs is 5. The van der Waals surface area contributed by atoms with Crippen LogP contribution in [0.3, 0.4) is 0 Å². The maximum absolute atomic E-state index is 12.2. The van der Waals surface area contributed by atoms with Crippen molar-refractivity contribution in [1.29, 1.82) is 0 Å². The lowest BCUT2D eigenvalue weighted by Gasteiger charge is -2.09. The van der Waals surface area contributed by atoms with Crippen LogP contribution in [0, 0.1) is 0 Å². The number of carbonyl (C=O) groups excluding carboxylic acids is 1. The van der Waals surface area contributed by atoms with Gasteiger partial charge in [-0.15, -0.1) is 0 Å². The van der Waals surface area contributed by atoms with Gasteiger partial charge in [0.25, 0.3) is 0 Å². The zero-order chi connectivity index (χ0) is 15.3. The highest BCUT2D eigenvalue weighted by Crippen LogP contribution is 2.56. The summed E-state index contributed by atoms with van der Waals surface area (Å²) in [6.45, 7) is 0.0898. The maximum Gasteiger partial charge on any atom is 0.424 e. The van der Waals surface area contributed by atoms with E-state index in [9.17, 15) is 15.0 Å². The average Bonchev–Trinajstić information content (AvgIpc) is 3.20. The minimum atomic E-state index is -0.771. The second-order valence-electron chi connectivity index (χ2n) is 5.68. The number of aromatic nitrogens is 1. The number of ether oxygens (including phenoxy) is 1. The van der Waals surface area contributed by atoms with E-state index in [1.54, 1.807) is 0 Å². The first kappa shape index (κ1) is 13.0. The Bertz CT molecular complexity index is 740. The lowest BCUT2D eigenvalue weighted by molar-refractivity contribution is 0.136. The third-order valence-corrected chi connectivity index (χ3v) is 4.41. The van der Waals surface area contributed by atoms with Crippen LogP contribution in [0.1, 0.15) is 34.9 Å². The fourth-order valence-corrected chi connectivity index (χ4v) is 3.40. The number of benzene rings is 1. The van der Waals surface area contributed by atoms with E-state index in [2.05, 4.69) is 0 Å². The smallest absolute Gasteiger partial charge is 0.424 e. The lowest BCUT2D eigenvalue weighted by Crippen LogP contribution is -2.13.